The molecule has 2 unspecified atom stereocenters. The Balaban J connectivity index is 2.18. The van der Waals surface area contributed by atoms with Crippen LogP contribution in [0.4, 0.5) is 0 Å². The van der Waals surface area contributed by atoms with Crippen molar-refractivity contribution in [1.29, 1.82) is 0 Å². The van der Waals surface area contributed by atoms with E-state index in [1.54, 1.807) is 12.1 Å². The third-order valence-corrected chi connectivity index (χ3v) is 5.81. The van der Waals surface area contributed by atoms with Crippen LogP contribution in [0.1, 0.15) is 40.0 Å². The summed E-state index contributed by atoms with van der Waals surface area (Å²) in [7, 11) is 0. The van der Waals surface area contributed by atoms with Gasteiger partial charge < -0.3 is 10.1 Å². The van der Waals surface area contributed by atoms with Gasteiger partial charge in [-0.15, -0.1) is 0 Å². The molecule has 0 saturated heterocycles. The van der Waals surface area contributed by atoms with Gasteiger partial charge in [-0.25, -0.2) is 0 Å². The Labute approximate surface area is 142 Å². The van der Waals surface area contributed by atoms with Gasteiger partial charge in [-0.05, 0) is 25.5 Å². The Morgan fingerprint density at radius 3 is 2.29 bits per heavy atom. The molecule has 5 heteroatoms. The zero-order valence-corrected chi connectivity index (χ0v) is 14.9. The van der Waals surface area contributed by atoms with Gasteiger partial charge in [0.15, 0.2) is 0 Å². The molecule has 0 aliphatic heterocycles. The van der Waals surface area contributed by atoms with Crippen molar-refractivity contribution in [3.05, 3.63) is 27.2 Å². The molecule has 2 atom stereocenters. The number of benzene rings is 1. The summed E-state index contributed by atoms with van der Waals surface area (Å²) in [6.07, 6.45) is 3.30. The van der Waals surface area contributed by atoms with Gasteiger partial charge >= 0.3 is 0 Å². The van der Waals surface area contributed by atoms with E-state index in [0.29, 0.717) is 26.9 Å². The summed E-state index contributed by atoms with van der Waals surface area (Å²) in [6.45, 7) is 7.56. The zero-order chi connectivity index (χ0) is 15.6. The van der Waals surface area contributed by atoms with Gasteiger partial charge in [-0.3, -0.25) is 0 Å². The third kappa shape index (κ3) is 3.14. The van der Waals surface area contributed by atoms with E-state index in [9.17, 15) is 0 Å². The lowest BCUT2D eigenvalue weighted by atomic mass is 9.58. The summed E-state index contributed by atoms with van der Waals surface area (Å²) >= 11 is 18.2. The van der Waals surface area contributed by atoms with Gasteiger partial charge in [0.2, 0.25) is 0 Å². The molecular weight excluding hydrogens is 329 g/mol. The first kappa shape index (κ1) is 17.2. The number of ether oxygens (including phenoxy) is 1. The number of halogens is 3. The average Bonchev–Trinajstić information content (AvgIpc) is 2.44. The Hall–Kier alpha value is -0.150. The van der Waals surface area contributed by atoms with Crippen LogP contribution in [-0.4, -0.2) is 18.7 Å². The zero-order valence-electron chi connectivity index (χ0n) is 12.7. The predicted octanol–water partition coefficient (Wildman–Crippen LogP) is 5.58. The van der Waals surface area contributed by atoms with Crippen LogP contribution < -0.4 is 10.1 Å². The molecule has 0 amide bonds. The van der Waals surface area contributed by atoms with Crippen molar-refractivity contribution < 1.29 is 4.74 Å². The molecule has 2 nitrogen and oxygen atoms in total. The summed E-state index contributed by atoms with van der Waals surface area (Å²) in [5.74, 6) is 0.622. The Morgan fingerprint density at radius 1 is 1.10 bits per heavy atom. The lowest BCUT2D eigenvalue weighted by Gasteiger charge is -2.55. The molecule has 0 bridgehead atoms. The number of nitrogens with one attached hydrogen (secondary N) is 1. The molecule has 21 heavy (non-hydrogen) atoms. The van der Waals surface area contributed by atoms with Gasteiger partial charge in [0.05, 0.1) is 15.1 Å². The van der Waals surface area contributed by atoms with E-state index in [2.05, 4.69) is 26.1 Å². The fraction of sp³-hybridized carbons (Fsp3) is 0.625. The molecule has 1 saturated carbocycles. The second kappa shape index (κ2) is 6.95. The first-order valence-electron chi connectivity index (χ1n) is 7.53. The normalized spacial score (nSPS) is 23.7. The molecule has 1 N–H and O–H groups in total. The molecular formula is C16H22Cl3NO. The van der Waals surface area contributed by atoms with E-state index in [1.165, 1.54) is 0 Å². The lowest BCUT2D eigenvalue weighted by Crippen LogP contribution is -2.64. The van der Waals surface area contributed by atoms with Crippen LogP contribution in [0.3, 0.4) is 0 Å². The Kier molecular flexibility index (Phi) is 5.70. The molecule has 0 spiro atoms. The number of rotatable bonds is 6. The average molecular weight is 351 g/mol. The SMILES string of the molecule is CCNC1CC(Oc2cc(Cl)c(Cl)cc2Cl)C1(CC)CC. The van der Waals surface area contributed by atoms with Gasteiger partial charge in [-0.2, -0.15) is 0 Å². The van der Waals surface area contributed by atoms with Gasteiger partial charge in [0.25, 0.3) is 0 Å². The standard InChI is InChI=1S/C16H22Cl3NO/c1-4-16(5-2)14(20-6-3)9-15(16)21-13-8-11(18)10(17)7-12(13)19/h7-8,14-15,20H,4-6,9H2,1-3H3. The fourth-order valence-electron chi connectivity index (χ4n) is 3.39. The molecule has 0 radical (unpaired) electrons. The summed E-state index contributed by atoms with van der Waals surface area (Å²) in [5, 5.41) is 5.00. The highest BCUT2D eigenvalue weighted by molar-refractivity contribution is 6.43. The molecule has 0 aromatic heterocycles. The van der Waals surface area contributed by atoms with E-state index in [1.807, 2.05) is 0 Å². The van der Waals surface area contributed by atoms with Crippen LogP contribution in [0.5, 0.6) is 5.75 Å². The van der Waals surface area contributed by atoms with Crippen LogP contribution in [-0.2, 0) is 0 Å². The molecule has 1 aliphatic carbocycles. The summed E-state index contributed by atoms with van der Waals surface area (Å²) < 4.78 is 6.18. The molecule has 1 aliphatic rings. The van der Waals surface area contributed by atoms with Crippen LogP contribution in [0, 0.1) is 5.41 Å². The molecule has 1 fully saturated rings. The van der Waals surface area contributed by atoms with Crippen LogP contribution in [0.25, 0.3) is 0 Å². The van der Waals surface area contributed by atoms with Crippen molar-refractivity contribution in [3.63, 3.8) is 0 Å². The first-order chi connectivity index (χ1) is 9.98. The van der Waals surface area contributed by atoms with Crippen molar-refractivity contribution in [2.24, 2.45) is 5.41 Å². The highest BCUT2D eigenvalue weighted by Crippen LogP contribution is 2.50. The van der Waals surface area contributed by atoms with Crippen LogP contribution in [0.2, 0.25) is 15.1 Å². The summed E-state index contributed by atoms with van der Waals surface area (Å²) in [5.41, 5.74) is 0.158. The van der Waals surface area contributed by atoms with Crippen molar-refractivity contribution in [1.82, 2.24) is 5.32 Å². The lowest BCUT2D eigenvalue weighted by molar-refractivity contribution is -0.0853. The van der Waals surface area contributed by atoms with Crippen LogP contribution in [0.15, 0.2) is 12.1 Å². The highest BCUT2D eigenvalue weighted by atomic mass is 35.5. The maximum absolute atomic E-state index is 6.22. The summed E-state index contributed by atoms with van der Waals surface area (Å²) in [6, 6.07) is 3.85. The second-order valence-corrected chi connectivity index (χ2v) is 6.81. The minimum atomic E-state index is 0.158. The molecule has 1 aromatic carbocycles. The fourth-order valence-corrected chi connectivity index (χ4v) is 3.97. The maximum atomic E-state index is 6.22. The van der Waals surface area contributed by atoms with Crippen molar-refractivity contribution in [3.8, 4) is 5.75 Å². The van der Waals surface area contributed by atoms with E-state index in [-0.39, 0.29) is 11.5 Å². The van der Waals surface area contributed by atoms with E-state index >= 15 is 0 Å². The van der Waals surface area contributed by atoms with Gasteiger partial charge in [-0.1, -0.05) is 55.6 Å². The minimum absolute atomic E-state index is 0.158. The van der Waals surface area contributed by atoms with E-state index in [4.69, 9.17) is 39.5 Å². The van der Waals surface area contributed by atoms with Gasteiger partial charge in [0, 0.05) is 23.9 Å². The van der Waals surface area contributed by atoms with Gasteiger partial charge in [0.1, 0.15) is 11.9 Å². The summed E-state index contributed by atoms with van der Waals surface area (Å²) in [4.78, 5) is 0. The molecule has 118 valence electrons. The first-order valence-corrected chi connectivity index (χ1v) is 8.66. The Bertz CT molecular complexity index is 503. The van der Waals surface area contributed by atoms with Crippen molar-refractivity contribution in [2.45, 2.75) is 52.2 Å². The quantitative estimate of drug-likeness (QED) is 0.676. The topological polar surface area (TPSA) is 21.3 Å². The monoisotopic (exact) mass is 349 g/mol. The number of hydrogen-bond donors (Lipinski definition) is 1. The minimum Gasteiger partial charge on any atom is -0.488 e. The van der Waals surface area contributed by atoms with E-state index in [0.717, 1.165) is 25.8 Å². The predicted molar refractivity (Wildman–Crippen MR) is 91.0 cm³/mol. The largest absolute Gasteiger partial charge is 0.488 e. The molecule has 1 aromatic rings. The Morgan fingerprint density at radius 2 is 1.71 bits per heavy atom. The smallest absolute Gasteiger partial charge is 0.139 e. The maximum Gasteiger partial charge on any atom is 0.139 e. The highest BCUT2D eigenvalue weighted by Gasteiger charge is 2.54. The second-order valence-electron chi connectivity index (χ2n) is 5.59. The van der Waals surface area contributed by atoms with Crippen molar-refractivity contribution >= 4 is 34.8 Å². The van der Waals surface area contributed by atoms with Crippen LogP contribution >= 0.6 is 34.8 Å². The number of hydrogen-bond acceptors (Lipinski definition) is 2. The molecule has 2 rings (SSSR count). The van der Waals surface area contributed by atoms with Crippen molar-refractivity contribution in [2.75, 3.05) is 6.54 Å². The third-order valence-electron chi connectivity index (χ3n) is 4.80. The molecule has 0 heterocycles. The van der Waals surface area contributed by atoms with E-state index < -0.39 is 0 Å².